The minimum Gasteiger partial charge on any atom is -0.492 e. The van der Waals surface area contributed by atoms with Gasteiger partial charge >= 0.3 is 11.8 Å². The van der Waals surface area contributed by atoms with Crippen LogP contribution in [-0.4, -0.2) is 109 Å². The largest absolute Gasteiger partial charge is 0.492 e. The van der Waals surface area contributed by atoms with Crippen molar-refractivity contribution in [1.82, 2.24) is 9.79 Å². The average molecular weight is 971 g/mol. The Morgan fingerprint density at radius 1 is 0.818 bits per heavy atom. The van der Waals surface area contributed by atoms with Crippen molar-refractivity contribution >= 4 is 59.4 Å². The molecule has 20 nitrogen and oxygen atoms in total. The second-order valence-electron chi connectivity index (χ2n) is 16.1. The van der Waals surface area contributed by atoms with Crippen molar-refractivity contribution in [2.24, 2.45) is 4.99 Å². The third kappa shape index (κ3) is 10.4. The number of allylic oxidation sites excluding steroid dienone is 6. The predicted molar refractivity (Wildman–Crippen MR) is 239 cm³/mol. The molecule has 1 amide bonds. The Kier molecular flexibility index (Phi) is 13.9. The topological polar surface area (TPSA) is 284 Å². The van der Waals surface area contributed by atoms with E-state index in [0.717, 1.165) is 17.2 Å². The van der Waals surface area contributed by atoms with E-state index in [-0.39, 0.29) is 37.1 Å². The first-order valence-electron chi connectivity index (χ1n) is 20.0. The van der Waals surface area contributed by atoms with Crippen molar-refractivity contribution in [2.45, 2.75) is 55.9 Å². The first kappa shape index (κ1) is 49.2. The Hall–Kier alpha value is -6.21. The summed E-state index contributed by atoms with van der Waals surface area (Å²) in [6, 6.07) is 13.9. The van der Waals surface area contributed by atoms with Gasteiger partial charge in [0.25, 0.3) is 36.3 Å². The highest BCUT2D eigenvalue weighted by molar-refractivity contribution is 7.86. The minimum absolute atomic E-state index is 0.00832. The number of fused-ring (bicyclic) bond motifs is 2. The standard InChI is InChI=1S/C43H47N5O15S3/c1-42(2)33-25-29(40(51)45(4)62-5)27-46(21-9-23-64(53,54)55)39(33)44-35(42)11-7-6-8-12-36-43(3,30-15-13-28(14-16-30)41(52)63-48-37(49)19-20-38(48)50)32-26-31(66(59,60)61)17-18-34(32)47(36)22-10-24-65(56,57)58/h6-8,11-20,25-27H,9-10,21-24H2,1-5H3,(H4-,49,50,53,54,55,56,57,58,59,60,61)/p+1. The van der Waals surface area contributed by atoms with Gasteiger partial charge in [-0.25, -0.2) is 14.4 Å². The second kappa shape index (κ2) is 18.6. The molecule has 23 heteroatoms. The maximum Gasteiger partial charge on any atom is 0.363 e. The molecule has 5 N–H and O–H groups in total. The monoisotopic (exact) mass is 970 g/mol. The summed E-state index contributed by atoms with van der Waals surface area (Å²) in [6.45, 7) is 5.69. The van der Waals surface area contributed by atoms with Gasteiger partial charge in [-0.3, -0.25) is 23.3 Å². The molecule has 1 atom stereocenters. The van der Waals surface area contributed by atoms with E-state index in [1.54, 1.807) is 65.0 Å². The Morgan fingerprint density at radius 3 is 2.06 bits per heavy atom. The predicted octanol–water partition coefficient (Wildman–Crippen LogP) is 4.08. The highest BCUT2D eigenvalue weighted by atomic mass is 32.2. The molecule has 0 aliphatic carbocycles. The number of hydroxylamine groups is 2. The molecule has 4 aromatic rings. The molecule has 66 heavy (non-hydrogen) atoms. The zero-order valence-corrected chi connectivity index (χ0v) is 38.7. The van der Waals surface area contributed by atoms with Gasteiger partial charge in [0, 0.05) is 43.5 Å². The fraction of sp³-hybridized carbons (Fsp3) is 0.302. The fourth-order valence-corrected chi connectivity index (χ4v) is 9.31. The van der Waals surface area contributed by atoms with Crippen LogP contribution < -0.4 is 14.3 Å². The van der Waals surface area contributed by atoms with Gasteiger partial charge in [0.1, 0.15) is 6.20 Å². The Bertz CT molecular complexity index is 3030. The fourth-order valence-electron chi connectivity index (χ4n) is 7.82. The summed E-state index contributed by atoms with van der Waals surface area (Å²) < 4.78 is 103. The molecule has 352 valence electrons. The van der Waals surface area contributed by atoms with E-state index >= 15 is 0 Å². The summed E-state index contributed by atoms with van der Waals surface area (Å²) in [6.07, 6.45) is 10.0. The maximum atomic E-state index is 13.2. The number of anilines is 1. The number of amides is 1. The first-order chi connectivity index (χ1) is 30.8. The Balaban J connectivity index is 1.39. The van der Waals surface area contributed by atoms with Crippen LogP contribution in [0.2, 0.25) is 0 Å². The molecule has 0 fully saturated rings. The van der Waals surface area contributed by atoms with E-state index < -0.39 is 81.2 Å². The smallest absolute Gasteiger partial charge is 0.363 e. The summed E-state index contributed by atoms with van der Waals surface area (Å²) in [5.74, 6) is -3.09. The molecule has 6 rings (SSSR count). The summed E-state index contributed by atoms with van der Waals surface area (Å²) >= 11 is 0. The molecule has 2 aliphatic heterocycles. The van der Waals surface area contributed by atoms with Crippen molar-refractivity contribution in [3.8, 4) is 11.8 Å². The van der Waals surface area contributed by atoms with Crippen LogP contribution in [0.4, 0.5) is 11.5 Å². The van der Waals surface area contributed by atoms with Gasteiger partial charge in [0.2, 0.25) is 11.8 Å². The molecule has 1 unspecified atom stereocenters. The molecular formula is C43H48N5O15S3+. The summed E-state index contributed by atoms with van der Waals surface area (Å²) in [7, 11) is -10.6. The van der Waals surface area contributed by atoms with Crippen molar-refractivity contribution < 1.29 is 73.0 Å². The lowest BCUT2D eigenvalue weighted by Gasteiger charge is -2.31. The van der Waals surface area contributed by atoms with E-state index in [2.05, 4.69) is 0 Å². The number of hydrogen-bond donors (Lipinski definition) is 5. The molecule has 0 spiro atoms. The van der Waals surface area contributed by atoms with Crippen LogP contribution in [0.3, 0.4) is 0 Å². The van der Waals surface area contributed by atoms with E-state index in [1.165, 1.54) is 50.7 Å². The first-order valence-corrected chi connectivity index (χ1v) is 24.7. The van der Waals surface area contributed by atoms with Crippen molar-refractivity contribution in [2.75, 3.05) is 37.1 Å². The molecule has 0 bridgehead atoms. The number of aromatic hydroxyl groups is 2. The highest BCUT2D eigenvalue weighted by Gasteiger charge is 2.46. The highest BCUT2D eigenvalue weighted by Crippen LogP contribution is 2.52. The quantitative estimate of drug-likeness (QED) is 0.0431. The van der Waals surface area contributed by atoms with Crippen LogP contribution in [0.25, 0.3) is 0 Å². The zero-order valence-electron chi connectivity index (χ0n) is 36.3. The number of nitrogens with zero attached hydrogens (tertiary/aromatic N) is 5. The van der Waals surface area contributed by atoms with Gasteiger partial charge in [0.15, 0.2) is 5.71 Å². The van der Waals surface area contributed by atoms with Crippen LogP contribution in [0, 0.1) is 0 Å². The second-order valence-corrected chi connectivity index (χ2v) is 20.6. The van der Waals surface area contributed by atoms with Crippen LogP contribution in [0.1, 0.15) is 71.0 Å². The molecular weight excluding hydrogens is 923 g/mol. The number of carbonyl (C=O) groups is 2. The number of aryl methyl sites for hydroxylation is 1. The number of hydrogen-bond acceptors (Lipinski definition) is 14. The van der Waals surface area contributed by atoms with Crippen LogP contribution >= 0.6 is 0 Å². The summed E-state index contributed by atoms with van der Waals surface area (Å²) in [5, 5.41) is 21.0. The molecule has 0 radical (unpaired) electrons. The molecule has 2 aliphatic rings. The van der Waals surface area contributed by atoms with Crippen molar-refractivity contribution in [1.29, 1.82) is 0 Å². The average Bonchev–Trinajstić information content (AvgIpc) is 3.79. The van der Waals surface area contributed by atoms with Crippen LogP contribution in [-0.2, 0) is 52.6 Å². The molecule has 4 heterocycles. The van der Waals surface area contributed by atoms with E-state index in [4.69, 9.17) is 14.7 Å². The van der Waals surface area contributed by atoms with Gasteiger partial charge in [-0.05, 0) is 91.9 Å². The zero-order chi connectivity index (χ0) is 48.6. The molecule has 0 saturated carbocycles. The summed E-state index contributed by atoms with van der Waals surface area (Å²) in [4.78, 5) is 42.7. The van der Waals surface area contributed by atoms with Crippen molar-refractivity contribution in [3.63, 3.8) is 0 Å². The van der Waals surface area contributed by atoms with Gasteiger partial charge < -0.3 is 20.0 Å². The lowest BCUT2D eigenvalue weighted by atomic mass is 9.75. The normalized spacial score (nSPS) is 17.7. The van der Waals surface area contributed by atoms with E-state index in [9.17, 15) is 58.7 Å². The van der Waals surface area contributed by atoms with Gasteiger partial charge in [-0.1, -0.05) is 30.4 Å². The minimum atomic E-state index is -4.71. The van der Waals surface area contributed by atoms with Crippen molar-refractivity contribution in [3.05, 3.63) is 131 Å². The van der Waals surface area contributed by atoms with Crippen LogP contribution in [0.5, 0.6) is 11.8 Å². The van der Waals surface area contributed by atoms with Gasteiger partial charge in [0.05, 0.1) is 57.6 Å². The Morgan fingerprint density at radius 2 is 1.45 bits per heavy atom. The third-order valence-electron chi connectivity index (χ3n) is 11.3. The van der Waals surface area contributed by atoms with Gasteiger partial charge in [-0.2, -0.15) is 25.3 Å². The van der Waals surface area contributed by atoms with E-state index in [1.807, 2.05) is 13.8 Å². The number of carbonyl (C=O) groups excluding carboxylic acids is 2. The SMILES string of the molecule is CON(C)C(=O)c1cc2c([n+](CCCS(=O)(=O)O)c1)N=C(C=CC=CC=C1N(CCCS(=O)(=O)O)c3ccc(S(=O)(=O)O)cc3C1(C)c1ccc(C(=O)On3c(O)ccc3O)cc1)C2(C)C. The number of aliphatic imine (C=N–C) groups is 1. The van der Waals surface area contributed by atoms with Gasteiger partial charge in [-0.15, -0.1) is 4.73 Å². The molecule has 2 aromatic carbocycles. The van der Waals surface area contributed by atoms with Crippen LogP contribution in [0.15, 0.2) is 113 Å². The lowest BCUT2D eigenvalue weighted by molar-refractivity contribution is -0.684. The number of rotatable bonds is 17. The summed E-state index contributed by atoms with van der Waals surface area (Å²) in [5.41, 5.74) is 1.32. The molecule has 2 aromatic heterocycles. The number of pyridine rings is 1. The Labute approximate surface area is 381 Å². The third-order valence-corrected chi connectivity index (χ3v) is 13.8. The number of aromatic nitrogens is 2. The number of benzene rings is 2. The maximum absolute atomic E-state index is 13.2. The van der Waals surface area contributed by atoms with E-state index in [0.29, 0.717) is 44.3 Å². The molecule has 0 saturated heterocycles. The lowest BCUT2D eigenvalue weighted by Crippen LogP contribution is -2.38.